The van der Waals surface area contributed by atoms with Gasteiger partial charge >= 0.3 is 0 Å². The lowest BCUT2D eigenvalue weighted by molar-refractivity contribution is -0.163. The summed E-state index contributed by atoms with van der Waals surface area (Å²) in [4.78, 5) is 42.3. The molecule has 1 heterocycles. The van der Waals surface area contributed by atoms with Gasteiger partial charge in [-0.05, 0) is 69.8 Å². The van der Waals surface area contributed by atoms with Crippen LogP contribution in [0.25, 0.3) is 5.76 Å². The molecule has 1 saturated heterocycles. The fourth-order valence-electron chi connectivity index (χ4n) is 6.26. The predicted molar refractivity (Wildman–Crippen MR) is 132 cm³/mol. The summed E-state index contributed by atoms with van der Waals surface area (Å²) in [7, 11) is 3.33. The minimum Gasteiger partial charge on any atom is -0.507 e. The SMILES string of the molecule is CN(C)C(CO)[C@@H]1C[C@@H]2Cc3c(N4CCCCC4)ccc(O)c3C(O)=C2C(=O)[C@]1(O)C(=O)CC(N)=O. The molecule has 0 aromatic heterocycles. The monoisotopic (exact) mass is 501 g/mol. The Morgan fingerprint density at radius 1 is 1.19 bits per heavy atom. The third-order valence-corrected chi connectivity index (χ3v) is 8.05. The maximum Gasteiger partial charge on any atom is 0.225 e. The van der Waals surface area contributed by atoms with E-state index in [1.54, 1.807) is 19.0 Å². The highest BCUT2D eigenvalue weighted by Crippen LogP contribution is 2.51. The number of carbonyl (C=O) groups is 3. The predicted octanol–water partition coefficient (Wildman–Crippen LogP) is 0.511. The maximum atomic E-state index is 13.8. The van der Waals surface area contributed by atoms with E-state index < -0.39 is 59.7 Å². The molecule has 10 nitrogen and oxygen atoms in total. The first-order chi connectivity index (χ1) is 17.0. The van der Waals surface area contributed by atoms with Crippen molar-refractivity contribution >= 4 is 28.9 Å². The van der Waals surface area contributed by atoms with Gasteiger partial charge in [-0.3, -0.25) is 14.4 Å². The van der Waals surface area contributed by atoms with Crippen LogP contribution in [0.2, 0.25) is 0 Å². The molecule has 1 aromatic carbocycles. The number of benzene rings is 1. The second-order valence-electron chi connectivity index (χ2n) is 10.4. The van der Waals surface area contributed by atoms with Crippen LogP contribution in [0.1, 0.15) is 43.2 Å². The van der Waals surface area contributed by atoms with Crippen molar-refractivity contribution in [1.29, 1.82) is 0 Å². The topological polar surface area (TPSA) is 165 Å². The molecule has 196 valence electrons. The van der Waals surface area contributed by atoms with Gasteiger partial charge in [0.1, 0.15) is 11.5 Å². The molecule has 3 aliphatic rings. The van der Waals surface area contributed by atoms with Gasteiger partial charge in [0.2, 0.25) is 11.7 Å². The Morgan fingerprint density at radius 2 is 1.86 bits per heavy atom. The number of fused-ring (bicyclic) bond motifs is 2. The standard InChI is InChI=1S/C26H35N3O7/c1-28(2)18(13-30)16-11-14-10-15-17(29-8-4-3-5-9-29)6-7-19(31)23(15)24(34)22(14)25(35)26(16,36)20(32)12-21(27)33/h6-7,14,16,18,30-31,34,36H,3-5,8-13H2,1-2H3,(H2,27,33)/t14-,16-,18?,26+/m0/s1. The van der Waals surface area contributed by atoms with E-state index in [9.17, 15) is 34.8 Å². The number of carbonyl (C=O) groups excluding carboxylic acids is 3. The van der Waals surface area contributed by atoms with Crippen molar-refractivity contribution in [3.05, 3.63) is 28.8 Å². The van der Waals surface area contributed by atoms with Crippen LogP contribution in [0.15, 0.2) is 17.7 Å². The summed E-state index contributed by atoms with van der Waals surface area (Å²) in [6.07, 6.45) is 2.75. The Hall–Kier alpha value is -2.95. The van der Waals surface area contributed by atoms with Gasteiger partial charge < -0.3 is 36.0 Å². The zero-order chi connectivity index (χ0) is 26.4. The number of hydrogen-bond donors (Lipinski definition) is 5. The number of phenols is 1. The molecule has 0 bridgehead atoms. The molecule has 36 heavy (non-hydrogen) atoms. The van der Waals surface area contributed by atoms with Gasteiger partial charge in [-0.15, -0.1) is 0 Å². The van der Waals surface area contributed by atoms with Gasteiger partial charge in [-0.2, -0.15) is 0 Å². The molecule has 4 atom stereocenters. The van der Waals surface area contributed by atoms with Gasteiger partial charge in [0.05, 0.1) is 18.6 Å². The number of Topliss-reactive ketones (excluding diaryl/α,β-unsaturated/α-hetero) is 2. The van der Waals surface area contributed by atoms with E-state index in [1.165, 1.54) is 6.07 Å². The third kappa shape index (κ3) is 4.16. The lowest BCUT2D eigenvalue weighted by Crippen LogP contribution is -2.64. The van der Waals surface area contributed by atoms with Gasteiger partial charge in [-0.25, -0.2) is 0 Å². The number of hydrogen-bond acceptors (Lipinski definition) is 9. The lowest BCUT2D eigenvalue weighted by atomic mass is 9.60. The second-order valence-corrected chi connectivity index (χ2v) is 10.4. The molecule has 0 radical (unpaired) electrons. The molecule has 6 N–H and O–H groups in total. The van der Waals surface area contributed by atoms with Gasteiger partial charge in [0, 0.05) is 36.3 Å². The fourth-order valence-corrected chi connectivity index (χ4v) is 6.26. The number of anilines is 1. The number of rotatable bonds is 7. The summed E-state index contributed by atoms with van der Waals surface area (Å²) in [5.41, 5.74) is 4.14. The van der Waals surface area contributed by atoms with Crippen molar-refractivity contribution in [3.63, 3.8) is 0 Å². The van der Waals surface area contributed by atoms with Gasteiger partial charge in [0.15, 0.2) is 11.4 Å². The highest BCUT2D eigenvalue weighted by atomic mass is 16.3. The zero-order valence-corrected chi connectivity index (χ0v) is 20.7. The van der Waals surface area contributed by atoms with Crippen LogP contribution in [0.5, 0.6) is 5.75 Å². The summed E-state index contributed by atoms with van der Waals surface area (Å²) < 4.78 is 0. The molecule has 1 aliphatic heterocycles. The summed E-state index contributed by atoms with van der Waals surface area (Å²) in [6.45, 7) is 1.25. The van der Waals surface area contributed by atoms with E-state index in [-0.39, 0.29) is 23.3 Å². The average molecular weight is 502 g/mol. The maximum absolute atomic E-state index is 13.8. The molecule has 1 saturated carbocycles. The van der Waals surface area contributed by atoms with Crippen molar-refractivity contribution in [2.75, 3.05) is 38.7 Å². The van der Waals surface area contributed by atoms with Crippen molar-refractivity contribution in [2.24, 2.45) is 17.6 Å². The van der Waals surface area contributed by atoms with Crippen molar-refractivity contribution in [2.45, 2.75) is 50.2 Å². The van der Waals surface area contributed by atoms with Crippen LogP contribution in [-0.2, 0) is 20.8 Å². The molecular weight excluding hydrogens is 466 g/mol. The quantitative estimate of drug-likeness (QED) is 0.335. The molecule has 1 unspecified atom stereocenters. The molecule has 1 aromatic rings. The number of aliphatic hydroxyl groups excluding tert-OH is 2. The summed E-state index contributed by atoms with van der Waals surface area (Å²) >= 11 is 0. The highest BCUT2D eigenvalue weighted by molar-refractivity contribution is 6.23. The average Bonchev–Trinajstić information content (AvgIpc) is 2.82. The largest absolute Gasteiger partial charge is 0.507 e. The van der Waals surface area contributed by atoms with E-state index in [4.69, 9.17) is 5.73 Å². The Kier molecular flexibility index (Phi) is 7.14. The smallest absolute Gasteiger partial charge is 0.225 e. The Morgan fingerprint density at radius 3 is 2.44 bits per heavy atom. The minimum atomic E-state index is -2.66. The van der Waals surface area contributed by atoms with Crippen LogP contribution < -0.4 is 10.6 Å². The van der Waals surface area contributed by atoms with E-state index in [0.29, 0.717) is 12.0 Å². The Balaban J connectivity index is 1.87. The number of nitrogens with two attached hydrogens (primary N) is 1. The summed E-state index contributed by atoms with van der Waals surface area (Å²) in [6, 6.07) is 2.53. The first-order valence-corrected chi connectivity index (χ1v) is 12.4. The van der Waals surface area contributed by atoms with Gasteiger partial charge in [0.25, 0.3) is 0 Å². The number of amides is 1. The molecule has 4 rings (SSSR count). The van der Waals surface area contributed by atoms with Crippen LogP contribution >= 0.6 is 0 Å². The molecule has 0 spiro atoms. The van der Waals surface area contributed by atoms with E-state index in [2.05, 4.69) is 4.90 Å². The molecule has 10 heteroatoms. The lowest BCUT2D eigenvalue weighted by Gasteiger charge is -2.47. The molecule has 2 aliphatic carbocycles. The van der Waals surface area contributed by atoms with E-state index >= 15 is 0 Å². The summed E-state index contributed by atoms with van der Waals surface area (Å²) in [5.74, 6) is -5.34. The number of ketones is 2. The number of likely N-dealkylation sites (N-methyl/N-ethyl adjacent to an activating group) is 1. The minimum absolute atomic E-state index is 0.101. The fraction of sp³-hybridized carbons (Fsp3) is 0.577. The zero-order valence-electron chi connectivity index (χ0n) is 20.7. The second kappa shape index (κ2) is 9.84. The normalized spacial score (nSPS) is 27.0. The number of aromatic hydroxyl groups is 1. The van der Waals surface area contributed by atoms with Crippen LogP contribution in [0, 0.1) is 11.8 Å². The first-order valence-electron chi connectivity index (χ1n) is 12.4. The first kappa shape index (κ1) is 26.1. The summed E-state index contributed by atoms with van der Waals surface area (Å²) in [5, 5.41) is 43.8. The van der Waals surface area contributed by atoms with Crippen molar-refractivity contribution in [3.8, 4) is 5.75 Å². The highest BCUT2D eigenvalue weighted by Gasteiger charge is 2.60. The van der Waals surface area contributed by atoms with Crippen molar-refractivity contribution in [1.82, 2.24) is 4.90 Å². The van der Waals surface area contributed by atoms with E-state index in [1.807, 2.05) is 6.07 Å². The van der Waals surface area contributed by atoms with Crippen LogP contribution in [0.3, 0.4) is 0 Å². The number of primary amides is 1. The third-order valence-electron chi connectivity index (χ3n) is 8.05. The number of piperidine rings is 1. The van der Waals surface area contributed by atoms with Gasteiger partial charge in [-0.1, -0.05) is 0 Å². The molecular formula is C26H35N3O7. The molecule has 1 amide bonds. The van der Waals surface area contributed by atoms with Crippen LogP contribution in [0.4, 0.5) is 5.69 Å². The molecule has 2 fully saturated rings. The number of aliphatic hydroxyl groups is 3. The van der Waals surface area contributed by atoms with E-state index in [0.717, 1.165) is 38.0 Å². The Labute approximate surface area is 210 Å². The Bertz CT molecular complexity index is 1110. The van der Waals surface area contributed by atoms with Crippen LogP contribution in [-0.4, -0.2) is 88.2 Å². The number of nitrogens with zero attached hydrogens (tertiary/aromatic N) is 2. The van der Waals surface area contributed by atoms with Crippen molar-refractivity contribution < 1.29 is 34.8 Å². The number of phenolic OH excluding ortho intramolecular Hbond substituents is 1.